The third kappa shape index (κ3) is 3.74. The van der Waals surface area contributed by atoms with Gasteiger partial charge in [-0.3, -0.25) is 0 Å². The molecule has 2 aliphatic carbocycles. The van der Waals surface area contributed by atoms with Crippen molar-refractivity contribution in [3.63, 3.8) is 0 Å². The zero-order valence-electron chi connectivity index (χ0n) is 15.5. The summed E-state index contributed by atoms with van der Waals surface area (Å²) in [4.78, 5) is 14.1. The number of benzene rings is 1. The first-order chi connectivity index (χ1) is 12.6. The molecule has 0 bridgehead atoms. The Hall–Kier alpha value is -1.59. The number of likely N-dealkylation sites (tertiary alicyclic amines) is 1. The van der Waals surface area contributed by atoms with Crippen molar-refractivity contribution < 1.29 is 19.4 Å². The smallest absolute Gasteiger partial charge is 0.337 e. The van der Waals surface area contributed by atoms with Gasteiger partial charge in [0.15, 0.2) is 0 Å². The Kier molecular flexibility index (Phi) is 5.18. The molecule has 26 heavy (non-hydrogen) atoms. The average molecular weight is 359 g/mol. The summed E-state index contributed by atoms with van der Waals surface area (Å²) >= 11 is 0. The van der Waals surface area contributed by atoms with Crippen LogP contribution < -0.4 is 4.74 Å². The number of aliphatic hydroxyl groups excluding tert-OH is 1. The number of carbonyl (C=O) groups is 1. The molecular formula is C21H29NO4. The molecule has 0 aromatic heterocycles. The molecule has 1 heterocycles. The highest BCUT2D eigenvalue weighted by atomic mass is 16.5. The largest absolute Gasteiger partial charge is 0.488 e. The third-order valence-corrected chi connectivity index (χ3v) is 6.46. The lowest BCUT2D eigenvalue weighted by Gasteiger charge is -2.35. The van der Waals surface area contributed by atoms with Crippen LogP contribution in [0.25, 0.3) is 0 Å². The Morgan fingerprint density at radius 2 is 1.85 bits per heavy atom. The lowest BCUT2D eigenvalue weighted by Crippen LogP contribution is -2.42. The summed E-state index contributed by atoms with van der Waals surface area (Å²) in [5, 5.41) is 10.6. The van der Waals surface area contributed by atoms with Gasteiger partial charge >= 0.3 is 5.97 Å². The number of carbonyl (C=O) groups excluding carboxylic acids is 1. The van der Waals surface area contributed by atoms with Crippen LogP contribution in [0.3, 0.4) is 0 Å². The molecule has 1 N–H and O–H groups in total. The van der Waals surface area contributed by atoms with E-state index in [1.165, 1.54) is 32.9 Å². The van der Waals surface area contributed by atoms with Crippen molar-refractivity contribution in [3.8, 4) is 5.75 Å². The second kappa shape index (κ2) is 7.57. The van der Waals surface area contributed by atoms with Gasteiger partial charge in [-0.2, -0.15) is 0 Å². The molecule has 5 heteroatoms. The predicted octanol–water partition coefficient (Wildman–Crippen LogP) is 2.72. The predicted molar refractivity (Wildman–Crippen MR) is 98.2 cm³/mol. The van der Waals surface area contributed by atoms with Gasteiger partial charge in [-0.05, 0) is 67.7 Å². The lowest BCUT2D eigenvalue weighted by atomic mass is 9.78. The Bertz CT molecular complexity index is 627. The Morgan fingerprint density at radius 3 is 2.46 bits per heavy atom. The van der Waals surface area contributed by atoms with Crippen LogP contribution >= 0.6 is 0 Å². The van der Waals surface area contributed by atoms with E-state index < -0.39 is 6.10 Å². The second-order valence-electron chi connectivity index (χ2n) is 8.25. The van der Waals surface area contributed by atoms with Crippen molar-refractivity contribution in [2.24, 2.45) is 17.8 Å². The molecular weight excluding hydrogens is 330 g/mol. The van der Waals surface area contributed by atoms with Crippen molar-refractivity contribution in [1.82, 2.24) is 4.90 Å². The summed E-state index contributed by atoms with van der Waals surface area (Å²) < 4.78 is 10.8. The van der Waals surface area contributed by atoms with E-state index in [1.54, 1.807) is 24.3 Å². The monoisotopic (exact) mass is 359 g/mol. The Labute approximate surface area is 155 Å². The number of nitrogens with zero attached hydrogens (tertiary/aromatic N) is 1. The van der Waals surface area contributed by atoms with Gasteiger partial charge in [0.1, 0.15) is 11.9 Å². The number of methoxy groups -OCH3 is 1. The standard InChI is InChI=1S/C21H29NO4/c1-25-21(24)15-5-7-18(8-6-15)26-20-10-17-13-22(11-14-3-2-4-14)12-16(17)9-19(20)23/h5-8,14,16-17,19-20,23H,2-4,9-13H2,1H3/t16-,17+,19+,20+/m0/s1. The van der Waals surface area contributed by atoms with Crippen LogP contribution in [-0.2, 0) is 4.74 Å². The highest BCUT2D eigenvalue weighted by molar-refractivity contribution is 5.89. The quantitative estimate of drug-likeness (QED) is 0.819. The minimum Gasteiger partial charge on any atom is -0.488 e. The van der Waals surface area contributed by atoms with Crippen molar-refractivity contribution in [1.29, 1.82) is 0 Å². The number of rotatable bonds is 5. The van der Waals surface area contributed by atoms with Gasteiger partial charge in [0, 0.05) is 19.6 Å². The molecule has 142 valence electrons. The van der Waals surface area contributed by atoms with Crippen LogP contribution in [0, 0.1) is 17.8 Å². The molecule has 0 spiro atoms. The van der Waals surface area contributed by atoms with Crippen LogP contribution in [-0.4, -0.2) is 54.9 Å². The topological polar surface area (TPSA) is 59.0 Å². The van der Waals surface area contributed by atoms with E-state index in [-0.39, 0.29) is 12.1 Å². The summed E-state index contributed by atoms with van der Waals surface area (Å²) in [7, 11) is 1.37. The molecule has 2 saturated carbocycles. The fraction of sp³-hybridized carbons (Fsp3) is 0.667. The summed E-state index contributed by atoms with van der Waals surface area (Å²) in [6.07, 6.45) is 5.34. The zero-order chi connectivity index (χ0) is 18.1. The highest BCUT2D eigenvalue weighted by Gasteiger charge is 2.43. The molecule has 3 aliphatic rings. The van der Waals surface area contributed by atoms with E-state index in [4.69, 9.17) is 9.47 Å². The first-order valence-electron chi connectivity index (χ1n) is 9.88. The van der Waals surface area contributed by atoms with Crippen LogP contribution in [0.4, 0.5) is 0 Å². The lowest BCUT2D eigenvalue weighted by molar-refractivity contribution is -0.0231. The molecule has 4 rings (SSSR count). The summed E-state index contributed by atoms with van der Waals surface area (Å²) in [6, 6.07) is 6.97. The molecule has 4 atom stereocenters. The molecule has 1 aliphatic heterocycles. The first kappa shape index (κ1) is 17.8. The molecule has 5 nitrogen and oxygen atoms in total. The molecule has 1 aromatic rings. The normalized spacial score (nSPS) is 31.9. The van der Waals surface area contributed by atoms with E-state index in [9.17, 15) is 9.90 Å². The summed E-state index contributed by atoms with van der Waals surface area (Å²) in [6.45, 7) is 3.53. The number of aliphatic hydroxyl groups is 1. The second-order valence-corrected chi connectivity index (χ2v) is 8.25. The number of hydrogen-bond acceptors (Lipinski definition) is 5. The van der Waals surface area contributed by atoms with E-state index in [0.717, 1.165) is 31.8 Å². The first-order valence-corrected chi connectivity index (χ1v) is 9.88. The van der Waals surface area contributed by atoms with Crippen LogP contribution in [0.2, 0.25) is 0 Å². The molecule has 0 radical (unpaired) electrons. The van der Waals surface area contributed by atoms with E-state index in [0.29, 0.717) is 23.1 Å². The Morgan fingerprint density at radius 1 is 1.15 bits per heavy atom. The van der Waals surface area contributed by atoms with Crippen molar-refractivity contribution in [2.75, 3.05) is 26.7 Å². The van der Waals surface area contributed by atoms with Crippen molar-refractivity contribution in [3.05, 3.63) is 29.8 Å². The minimum atomic E-state index is -0.416. The van der Waals surface area contributed by atoms with Gasteiger partial charge < -0.3 is 19.5 Å². The fourth-order valence-corrected chi connectivity index (χ4v) is 4.77. The van der Waals surface area contributed by atoms with Crippen LogP contribution in [0.1, 0.15) is 42.5 Å². The molecule has 1 saturated heterocycles. The highest BCUT2D eigenvalue weighted by Crippen LogP contribution is 2.39. The van der Waals surface area contributed by atoms with Crippen LogP contribution in [0.5, 0.6) is 5.75 Å². The Balaban J connectivity index is 1.34. The number of ether oxygens (including phenoxy) is 2. The molecule has 0 amide bonds. The number of fused-ring (bicyclic) bond motifs is 1. The third-order valence-electron chi connectivity index (χ3n) is 6.46. The summed E-state index contributed by atoms with van der Waals surface area (Å²) in [5.41, 5.74) is 0.506. The van der Waals surface area contributed by atoms with Crippen molar-refractivity contribution in [2.45, 2.75) is 44.3 Å². The number of hydrogen-bond donors (Lipinski definition) is 1. The van der Waals surface area contributed by atoms with Gasteiger partial charge in [0.05, 0.1) is 18.8 Å². The molecule has 1 aromatic carbocycles. The van der Waals surface area contributed by atoms with E-state index in [1.807, 2.05) is 0 Å². The molecule has 3 fully saturated rings. The van der Waals surface area contributed by atoms with Gasteiger partial charge in [0.2, 0.25) is 0 Å². The van der Waals surface area contributed by atoms with Gasteiger partial charge in [-0.25, -0.2) is 4.79 Å². The maximum atomic E-state index is 11.5. The minimum absolute atomic E-state index is 0.163. The van der Waals surface area contributed by atoms with Crippen LogP contribution in [0.15, 0.2) is 24.3 Å². The molecule has 0 unspecified atom stereocenters. The van der Waals surface area contributed by atoms with Gasteiger partial charge in [-0.15, -0.1) is 0 Å². The average Bonchev–Trinajstić information content (AvgIpc) is 3.00. The number of esters is 1. The maximum absolute atomic E-state index is 11.5. The van der Waals surface area contributed by atoms with Gasteiger partial charge in [-0.1, -0.05) is 6.42 Å². The SMILES string of the molecule is COC(=O)c1ccc(O[C@@H]2C[C@@H]3CN(CC4CCC4)C[C@@H]3C[C@H]2O)cc1. The van der Waals surface area contributed by atoms with Gasteiger partial charge in [0.25, 0.3) is 0 Å². The maximum Gasteiger partial charge on any atom is 0.337 e. The fourth-order valence-electron chi connectivity index (χ4n) is 4.77. The summed E-state index contributed by atoms with van der Waals surface area (Å²) in [5.74, 6) is 2.48. The van der Waals surface area contributed by atoms with E-state index >= 15 is 0 Å². The zero-order valence-corrected chi connectivity index (χ0v) is 15.5. The van der Waals surface area contributed by atoms with Crippen molar-refractivity contribution >= 4 is 5.97 Å². The van der Waals surface area contributed by atoms with E-state index in [2.05, 4.69) is 4.90 Å².